The first-order chi connectivity index (χ1) is 8.29. The molecule has 1 aliphatic carbocycles. The zero-order chi connectivity index (χ0) is 11.8. The van der Waals surface area contributed by atoms with Crippen molar-refractivity contribution in [3.8, 4) is 0 Å². The van der Waals surface area contributed by atoms with Crippen LogP contribution in [-0.4, -0.2) is 44.0 Å². The van der Waals surface area contributed by atoms with Gasteiger partial charge in [-0.3, -0.25) is 4.90 Å². The average molecular weight is 236 g/mol. The molecule has 1 unspecified atom stereocenters. The third-order valence-corrected chi connectivity index (χ3v) is 3.90. The molecule has 1 saturated heterocycles. The summed E-state index contributed by atoms with van der Waals surface area (Å²) in [5.74, 6) is 2.10. The molecule has 1 aliphatic heterocycles. The lowest BCUT2D eigenvalue weighted by molar-refractivity contribution is 0.149. The molecule has 5 nitrogen and oxygen atoms in total. The maximum absolute atomic E-state index is 9.33. The fourth-order valence-corrected chi connectivity index (χ4v) is 2.82. The van der Waals surface area contributed by atoms with Crippen LogP contribution in [-0.2, 0) is 6.54 Å². The average Bonchev–Trinajstić information content (AvgIpc) is 2.95. The molecule has 0 radical (unpaired) electrons. The molecule has 1 N–H and O–H groups in total. The van der Waals surface area contributed by atoms with Crippen LogP contribution in [0.5, 0.6) is 0 Å². The van der Waals surface area contributed by atoms with Crippen LogP contribution in [0.3, 0.4) is 0 Å². The maximum atomic E-state index is 9.33. The highest BCUT2D eigenvalue weighted by Gasteiger charge is 2.30. The van der Waals surface area contributed by atoms with Gasteiger partial charge < -0.3 is 9.67 Å². The topological polar surface area (TPSA) is 54.2 Å². The first kappa shape index (κ1) is 11.2. The van der Waals surface area contributed by atoms with E-state index < -0.39 is 0 Å². The van der Waals surface area contributed by atoms with E-state index in [4.69, 9.17) is 0 Å². The molecule has 17 heavy (non-hydrogen) atoms. The number of aromatic nitrogens is 3. The monoisotopic (exact) mass is 236 g/mol. The molecule has 2 fully saturated rings. The number of rotatable bonds is 4. The third-order valence-electron chi connectivity index (χ3n) is 3.90. The van der Waals surface area contributed by atoms with E-state index in [9.17, 15) is 5.11 Å². The second kappa shape index (κ2) is 4.38. The summed E-state index contributed by atoms with van der Waals surface area (Å²) < 4.78 is 2.28. The zero-order valence-corrected chi connectivity index (χ0v) is 10.3. The molecule has 1 aromatic rings. The highest BCUT2D eigenvalue weighted by Crippen LogP contribution is 2.36. The Morgan fingerprint density at radius 3 is 2.82 bits per heavy atom. The van der Waals surface area contributed by atoms with E-state index in [1.807, 2.05) is 6.92 Å². The molecule has 5 heteroatoms. The Labute approximate surface area is 101 Å². The molecule has 0 aromatic carbocycles. The summed E-state index contributed by atoms with van der Waals surface area (Å²) in [5.41, 5.74) is 0. The van der Waals surface area contributed by atoms with Gasteiger partial charge >= 0.3 is 0 Å². The van der Waals surface area contributed by atoms with Crippen LogP contribution in [0.2, 0.25) is 0 Å². The predicted molar refractivity (Wildman–Crippen MR) is 63.5 cm³/mol. The Hall–Kier alpha value is -0.940. The molecule has 2 heterocycles. The van der Waals surface area contributed by atoms with E-state index >= 15 is 0 Å². The fourth-order valence-electron chi connectivity index (χ4n) is 2.82. The van der Waals surface area contributed by atoms with Crippen molar-refractivity contribution in [3.63, 3.8) is 0 Å². The van der Waals surface area contributed by atoms with Crippen molar-refractivity contribution in [1.82, 2.24) is 19.7 Å². The minimum atomic E-state index is 0.260. The number of aryl methyl sites for hydroxylation is 1. The van der Waals surface area contributed by atoms with Crippen LogP contribution in [0.4, 0.5) is 0 Å². The predicted octanol–water partition coefficient (Wildman–Crippen LogP) is 0.878. The number of hydrogen-bond acceptors (Lipinski definition) is 4. The molecule has 0 spiro atoms. The fraction of sp³-hybridized carbons (Fsp3) is 0.833. The van der Waals surface area contributed by atoms with Crippen LogP contribution in [0, 0.1) is 6.92 Å². The van der Waals surface area contributed by atoms with Gasteiger partial charge in [0.25, 0.3) is 0 Å². The van der Waals surface area contributed by atoms with Crippen LogP contribution >= 0.6 is 0 Å². The summed E-state index contributed by atoms with van der Waals surface area (Å²) in [6.07, 6.45) is 4.80. The molecule has 0 bridgehead atoms. The lowest BCUT2D eigenvalue weighted by Crippen LogP contribution is -2.32. The van der Waals surface area contributed by atoms with Crippen LogP contribution < -0.4 is 0 Å². The third kappa shape index (κ3) is 2.09. The summed E-state index contributed by atoms with van der Waals surface area (Å²) >= 11 is 0. The van der Waals surface area contributed by atoms with Gasteiger partial charge in [0, 0.05) is 12.1 Å². The number of aliphatic hydroxyl groups is 1. The minimum Gasteiger partial charge on any atom is -0.395 e. The van der Waals surface area contributed by atoms with Gasteiger partial charge in [-0.1, -0.05) is 0 Å². The molecule has 1 saturated carbocycles. The molecule has 94 valence electrons. The van der Waals surface area contributed by atoms with Crippen molar-refractivity contribution in [1.29, 1.82) is 0 Å². The van der Waals surface area contributed by atoms with Gasteiger partial charge in [0.2, 0.25) is 0 Å². The van der Waals surface area contributed by atoms with Crippen LogP contribution in [0.15, 0.2) is 0 Å². The van der Waals surface area contributed by atoms with Crippen molar-refractivity contribution < 1.29 is 5.11 Å². The van der Waals surface area contributed by atoms with E-state index in [1.54, 1.807) is 0 Å². The van der Waals surface area contributed by atoms with Crippen molar-refractivity contribution in [2.75, 3.05) is 13.2 Å². The van der Waals surface area contributed by atoms with Crippen molar-refractivity contribution in [3.05, 3.63) is 11.6 Å². The van der Waals surface area contributed by atoms with Crippen molar-refractivity contribution in [2.24, 2.45) is 0 Å². The van der Waals surface area contributed by atoms with Crippen molar-refractivity contribution in [2.45, 2.75) is 51.2 Å². The highest BCUT2D eigenvalue weighted by atomic mass is 16.3. The Balaban J connectivity index is 1.76. The molecular weight excluding hydrogens is 216 g/mol. The van der Waals surface area contributed by atoms with Gasteiger partial charge in [0.1, 0.15) is 11.6 Å². The van der Waals surface area contributed by atoms with E-state index in [-0.39, 0.29) is 6.61 Å². The van der Waals surface area contributed by atoms with Gasteiger partial charge in [-0.05, 0) is 39.2 Å². The standard InChI is InChI=1S/C12H20N4O/c1-9-13-14-12(16(9)10-4-5-10)7-15-6-2-3-11(15)8-17/h10-11,17H,2-8H2,1H3. The smallest absolute Gasteiger partial charge is 0.147 e. The summed E-state index contributed by atoms with van der Waals surface area (Å²) in [4.78, 5) is 2.34. The van der Waals surface area contributed by atoms with Gasteiger partial charge in [0.05, 0.1) is 13.2 Å². The van der Waals surface area contributed by atoms with E-state index in [0.29, 0.717) is 12.1 Å². The van der Waals surface area contributed by atoms with Crippen molar-refractivity contribution >= 4 is 0 Å². The molecule has 2 aliphatic rings. The second-order valence-corrected chi connectivity index (χ2v) is 5.21. The number of nitrogens with zero attached hydrogens (tertiary/aromatic N) is 4. The second-order valence-electron chi connectivity index (χ2n) is 5.21. The SMILES string of the molecule is Cc1nnc(CN2CCCC2CO)n1C1CC1. The normalized spacial score (nSPS) is 25.6. The summed E-state index contributed by atoms with van der Waals surface area (Å²) in [6.45, 7) is 4.20. The molecule has 0 amide bonds. The summed E-state index contributed by atoms with van der Waals surface area (Å²) in [6, 6.07) is 0.954. The number of aliphatic hydroxyl groups excluding tert-OH is 1. The number of hydrogen-bond donors (Lipinski definition) is 1. The first-order valence-electron chi connectivity index (χ1n) is 6.55. The Morgan fingerprint density at radius 2 is 2.12 bits per heavy atom. The Kier molecular flexibility index (Phi) is 2.88. The zero-order valence-electron chi connectivity index (χ0n) is 10.3. The molecule has 3 rings (SSSR count). The van der Waals surface area contributed by atoms with Crippen LogP contribution in [0.1, 0.15) is 43.4 Å². The lowest BCUT2D eigenvalue weighted by Gasteiger charge is -2.22. The number of likely N-dealkylation sites (tertiary alicyclic amines) is 1. The maximum Gasteiger partial charge on any atom is 0.147 e. The van der Waals surface area contributed by atoms with Gasteiger partial charge in [-0.2, -0.15) is 0 Å². The van der Waals surface area contributed by atoms with E-state index in [0.717, 1.165) is 31.2 Å². The van der Waals surface area contributed by atoms with Gasteiger partial charge in [-0.25, -0.2) is 0 Å². The Bertz CT molecular complexity index is 399. The van der Waals surface area contributed by atoms with Crippen LogP contribution in [0.25, 0.3) is 0 Å². The quantitative estimate of drug-likeness (QED) is 0.843. The highest BCUT2D eigenvalue weighted by molar-refractivity contribution is 5.02. The Morgan fingerprint density at radius 1 is 1.29 bits per heavy atom. The van der Waals surface area contributed by atoms with E-state index in [2.05, 4.69) is 19.7 Å². The van der Waals surface area contributed by atoms with Gasteiger partial charge in [-0.15, -0.1) is 10.2 Å². The first-order valence-corrected chi connectivity index (χ1v) is 6.55. The largest absolute Gasteiger partial charge is 0.395 e. The molecule has 1 aromatic heterocycles. The van der Waals surface area contributed by atoms with E-state index in [1.165, 1.54) is 19.3 Å². The molecular formula is C12H20N4O. The van der Waals surface area contributed by atoms with Gasteiger partial charge in [0.15, 0.2) is 0 Å². The molecule has 1 atom stereocenters. The summed E-state index contributed by atoms with van der Waals surface area (Å²) in [5, 5.41) is 17.8. The minimum absolute atomic E-state index is 0.260. The lowest BCUT2D eigenvalue weighted by atomic mass is 10.2. The summed E-state index contributed by atoms with van der Waals surface area (Å²) in [7, 11) is 0.